The number of aromatic nitrogens is 3. The summed E-state index contributed by atoms with van der Waals surface area (Å²) in [5.41, 5.74) is 3.63. The van der Waals surface area contributed by atoms with Crippen LogP contribution in [-0.4, -0.2) is 33.7 Å². The molecule has 2 N–H and O–H groups in total. The van der Waals surface area contributed by atoms with E-state index in [1.165, 1.54) is 24.9 Å². The molecule has 3 aromatic rings. The van der Waals surface area contributed by atoms with E-state index in [2.05, 4.69) is 35.9 Å². The van der Waals surface area contributed by atoms with Crippen LogP contribution in [0.1, 0.15) is 25.3 Å². The zero-order valence-electron chi connectivity index (χ0n) is 13.7. The number of likely N-dealkylation sites (N-methyl/N-ethyl adjacent to an activating group) is 1. The number of H-pyrrole nitrogens is 1. The van der Waals surface area contributed by atoms with Gasteiger partial charge in [-0.1, -0.05) is 12.1 Å². The molecule has 4 rings (SSSR count). The first-order chi connectivity index (χ1) is 11.2. The first kappa shape index (κ1) is 14.5. The highest BCUT2D eigenvalue weighted by atomic mass is 16.1. The lowest BCUT2D eigenvalue weighted by Gasteiger charge is -2.20. The van der Waals surface area contributed by atoms with Gasteiger partial charge in [0.2, 0.25) is 0 Å². The molecule has 1 aliphatic heterocycles. The largest absolute Gasteiger partial charge is 0.349 e. The number of hydrogen-bond donors (Lipinski definition) is 2. The van der Waals surface area contributed by atoms with Crippen molar-refractivity contribution < 1.29 is 4.90 Å². The van der Waals surface area contributed by atoms with Gasteiger partial charge in [-0.25, -0.2) is 4.98 Å². The predicted octanol–water partition coefficient (Wildman–Crippen LogP) is 1.25. The normalized spacial score (nSPS) is 21.5. The maximum Gasteiger partial charge on any atom is 0.277 e. The molecule has 2 atom stereocenters. The standard InChI is InChI=1S/C18H22N4O/c1-3-21-8-4-5-13(21)10-22-11-19-16-14-7-6-12(2)9-15(14)20-17(16)18(22)23/h6-7,9,11,13,20H,3-5,8,10H2,1-2H3/p+1/t13-/m0/s1. The molecule has 0 radical (unpaired) electrons. The number of quaternary nitrogens is 1. The maximum atomic E-state index is 12.8. The molecule has 1 aliphatic rings. The average molecular weight is 311 g/mol. The van der Waals surface area contributed by atoms with E-state index in [0.717, 1.165) is 29.5 Å². The SMILES string of the molecule is CC[NH+]1CCC[C@H]1Cn1cnc2c([nH]c3cc(C)ccc32)c1=O. The zero-order chi connectivity index (χ0) is 16.0. The van der Waals surface area contributed by atoms with Crippen molar-refractivity contribution in [2.45, 2.75) is 39.3 Å². The van der Waals surface area contributed by atoms with Crippen molar-refractivity contribution in [3.05, 3.63) is 40.4 Å². The van der Waals surface area contributed by atoms with E-state index in [4.69, 9.17) is 0 Å². The number of nitrogens with zero attached hydrogens (tertiary/aromatic N) is 2. The van der Waals surface area contributed by atoms with Gasteiger partial charge >= 0.3 is 0 Å². The molecule has 0 spiro atoms. The number of benzene rings is 1. The van der Waals surface area contributed by atoms with Crippen molar-refractivity contribution in [3.63, 3.8) is 0 Å². The van der Waals surface area contributed by atoms with Crippen LogP contribution in [0.4, 0.5) is 0 Å². The van der Waals surface area contributed by atoms with Gasteiger partial charge in [0.05, 0.1) is 26.0 Å². The average Bonchev–Trinajstić information content (AvgIpc) is 3.13. The van der Waals surface area contributed by atoms with Crippen molar-refractivity contribution in [2.75, 3.05) is 13.1 Å². The highest BCUT2D eigenvalue weighted by Gasteiger charge is 2.27. The van der Waals surface area contributed by atoms with Gasteiger partial charge in [0, 0.05) is 23.7 Å². The topological polar surface area (TPSA) is 55.1 Å². The summed E-state index contributed by atoms with van der Waals surface area (Å²) in [6.45, 7) is 7.38. The number of nitrogens with one attached hydrogen (secondary N) is 2. The quantitative estimate of drug-likeness (QED) is 0.765. The van der Waals surface area contributed by atoms with Gasteiger partial charge in [0.25, 0.3) is 5.56 Å². The first-order valence-corrected chi connectivity index (χ1v) is 8.49. The Labute approximate surface area is 134 Å². The Morgan fingerprint density at radius 2 is 2.30 bits per heavy atom. The molecule has 2 aromatic heterocycles. The van der Waals surface area contributed by atoms with Crippen LogP contribution in [0.25, 0.3) is 21.9 Å². The predicted molar refractivity (Wildman–Crippen MR) is 92.0 cm³/mol. The summed E-state index contributed by atoms with van der Waals surface area (Å²) in [5.74, 6) is 0. The van der Waals surface area contributed by atoms with Crippen molar-refractivity contribution in [3.8, 4) is 0 Å². The Morgan fingerprint density at radius 3 is 3.13 bits per heavy atom. The van der Waals surface area contributed by atoms with E-state index >= 15 is 0 Å². The van der Waals surface area contributed by atoms with Crippen LogP contribution in [0.2, 0.25) is 0 Å². The Bertz CT molecular complexity index is 924. The Balaban J connectivity index is 1.78. The van der Waals surface area contributed by atoms with Gasteiger partial charge in [-0.05, 0) is 25.5 Å². The lowest BCUT2D eigenvalue weighted by molar-refractivity contribution is -0.911. The van der Waals surface area contributed by atoms with Crippen LogP contribution < -0.4 is 10.5 Å². The number of fused-ring (bicyclic) bond motifs is 3. The molecule has 0 saturated carbocycles. The molecule has 1 fully saturated rings. The Kier molecular flexibility index (Phi) is 3.45. The van der Waals surface area contributed by atoms with Gasteiger partial charge in [-0.15, -0.1) is 0 Å². The van der Waals surface area contributed by atoms with E-state index in [1.54, 1.807) is 15.8 Å². The fourth-order valence-electron chi connectivity index (χ4n) is 3.95. The fraction of sp³-hybridized carbons (Fsp3) is 0.444. The molecule has 1 saturated heterocycles. The van der Waals surface area contributed by atoms with Gasteiger partial charge in [0.1, 0.15) is 17.1 Å². The minimum absolute atomic E-state index is 0.0474. The summed E-state index contributed by atoms with van der Waals surface area (Å²) in [6.07, 6.45) is 4.17. The van der Waals surface area contributed by atoms with Crippen LogP contribution in [0.15, 0.2) is 29.3 Å². The van der Waals surface area contributed by atoms with E-state index in [-0.39, 0.29) is 5.56 Å². The molecule has 1 aromatic carbocycles. The van der Waals surface area contributed by atoms with Crippen molar-refractivity contribution in [1.29, 1.82) is 0 Å². The number of aromatic amines is 1. The highest BCUT2D eigenvalue weighted by Crippen LogP contribution is 2.22. The molecule has 0 aliphatic carbocycles. The molecule has 120 valence electrons. The number of likely N-dealkylation sites (tertiary alicyclic amines) is 1. The van der Waals surface area contributed by atoms with Gasteiger partial charge in [0.15, 0.2) is 0 Å². The van der Waals surface area contributed by atoms with Gasteiger partial charge < -0.3 is 9.88 Å². The van der Waals surface area contributed by atoms with Crippen molar-refractivity contribution >= 4 is 21.9 Å². The number of hydrogen-bond acceptors (Lipinski definition) is 2. The van der Waals surface area contributed by atoms with E-state index < -0.39 is 0 Å². The molecule has 23 heavy (non-hydrogen) atoms. The van der Waals surface area contributed by atoms with E-state index in [9.17, 15) is 4.79 Å². The molecule has 5 heteroatoms. The van der Waals surface area contributed by atoms with Crippen LogP contribution in [0.3, 0.4) is 0 Å². The molecule has 0 bridgehead atoms. The number of aryl methyl sites for hydroxylation is 1. The van der Waals surface area contributed by atoms with Crippen LogP contribution in [-0.2, 0) is 6.54 Å². The molecule has 0 amide bonds. The molecule has 1 unspecified atom stereocenters. The summed E-state index contributed by atoms with van der Waals surface area (Å²) in [5, 5.41) is 1.02. The first-order valence-electron chi connectivity index (χ1n) is 8.49. The minimum Gasteiger partial charge on any atom is -0.349 e. The lowest BCUT2D eigenvalue weighted by atomic mass is 10.2. The smallest absolute Gasteiger partial charge is 0.277 e. The van der Waals surface area contributed by atoms with Crippen molar-refractivity contribution in [1.82, 2.24) is 14.5 Å². The second kappa shape index (κ2) is 5.49. The second-order valence-electron chi connectivity index (χ2n) is 6.70. The zero-order valence-corrected chi connectivity index (χ0v) is 13.7. The van der Waals surface area contributed by atoms with Crippen molar-refractivity contribution in [2.24, 2.45) is 0 Å². The highest BCUT2D eigenvalue weighted by molar-refractivity contribution is 6.04. The minimum atomic E-state index is 0.0474. The molecule has 3 heterocycles. The van der Waals surface area contributed by atoms with Crippen LogP contribution >= 0.6 is 0 Å². The van der Waals surface area contributed by atoms with Gasteiger partial charge in [-0.2, -0.15) is 0 Å². The van der Waals surface area contributed by atoms with E-state index in [0.29, 0.717) is 11.6 Å². The maximum absolute atomic E-state index is 12.8. The summed E-state index contributed by atoms with van der Waals surface area (Å²) >= 11 is 0. The fourth-order valence-corrected chi connectivity index (χ4v) is 3.95. The Morgan fingerprint density at radius 1 is 1.43 bits per heavy atom. The number of rotatable bonds is 3. The Hall–Kier alpha value is -2.14. The molecular weight excluding hydrogens is 288 g/mol. The summed E-state index contributed by atoms with van der Waals surface area (Å²) < 4.78 is 1.79. The summed E-state index contributed by atoms with van der Waals surface area (Å²) in [7, 11) is 0. The third-order valence-corrected chi connectivity index (χ3v) is 5.23. The molecule has 5 nitrogen and oxygen atoms in total. The third kappa shape index (κ3) is 2.36. The van der Waals surface area contributed by atoms with Gasteiger partial charge in [-0.3, -0.25) is 9.36 Å². The third-order valence-electron chi connectivity index (χ3n) is 5.23. The second-order valence-corrected chi connectivity index (χ2v) is 6.70. The summed E-state index contributed by atoms with van der Waals surface area (Å²) in [4.78, 5) is 22.3. The summed E-state index contributed by atoms with van der Waals surface area (Å²) in [6, 6.07) is 6.70. The van der Waals surface area contributed by atoms with E-state index in [1.807, 2.05) is 6.07 Å². The van der Waals surface area contributed by atoms with Crippen LogP contribution in [0.5, 0.6) is 0 Å². The molecular formula is C18H23N4O+. The van der Waals surface area contributed by atoms with Crippen LogP contribution in [0, 0.1) is 6.92 Å². The monoisotopic (exact) mass is 311 g/mol. The lowest BCUT2D eigenvalue weighted by Crippen LogP contribution is -3.13.